The summed E-state index contributed by atoms with van der Waals surface area (Å²) in [5, 5.41) is 7.63. The maximum Gasteiger partial charge on any atom is 0.194 e. The third-order valence-corrected chi connectivity index (χ3v) is 4.13. The number of rotatable bonds is 4. The van der Waals surface area contributed by atoms with Crippen molar-refractivity contribution < 1.29 is 4.74 Å². The Morgan fingerprint density at radius 1 is 1.44 bits per heavy atom. The molecule has 1 atom stereocenters. The van der Waals surface area contributed by atoms with Crippen LogP contribution in [0.3, 0.4) is 0 Å². The van der Waals surface area contributed by atoms with Crippen molar-refractivity contribution in [2.45, 2.75) is 26.5 Å². The Balaban J connectivity index is 1.71. The van der Waals surface area contributed by atoms with Crippen molar-refractivity contribution in [2.75, 3.05) is 26.2 Å². The lowest BCUT2D eigenvalue weighted by Crippen LogP contribution is -2.48. The summed E-state index contributed by atoms with van der Waals surface area (Å²) in [4.78, 5) is 11.6. The zero-order valence-electron chi connectivity index (χ0n) is 15.1. The van der Waals surface area contributed by atoms with E-state index in [4.69, 9.17) is 9.73 Å². The first-order valence-electron chi connectivity index (χ1n) is 8.71. The molecule has 7 nitrogen and oxygen atoms in total. The highest BCUT2D eigenvalue weighted by Gasteiger charge is 2.25. The Morgan fingerprint density at radius 2 is 2.32 bits per heavy atom. The SMILES string of the molecule is CCNC(=NCc1cccc(C)n1)N1CCOC(c2cnn(C)c2)C1. The van der Waals surface area contributed by atoms with Gasteiger partial charge in [-0.05, 0) is 26.0 Å². The van der Waals surface area contributed by atoms with Crippen LogP contribution in [-0.4, -0.2) is 51.9 Å². The molecule has 1 fully saturated rings. The van der Waals surface area contributed by atoms with Crippen LogP contribution in [-0.2, 0) is 18.3 Å². The van der Waals surface area contributed by atoms with E-state index in [0.29, 0.717) is 13.2 Å². The molecule has 1 aliphatic heterocycles. The number of ether oxygens (including phenoxy) is 1. The summed E-state index contributed by atoms with van der Waals surface area (Å²) in [6.07, 6.45) is 3.90. The maximum atomic E-state index is 5.92. The average molecular weight is 342 g/mol. The summed E-state index contributed by atoms with van der Waals surface area (Å²) in [5.41, 5.74) is 3.09. The molecule has 0 radical (unpaired) electrons. The molecular formula is C18H26N6O. The zero-order chi connectivity index (χ0) is 17.6. The molecule has 0 aromatic carbocycles. The zero-order valence-corrected chi connectivity index (χ0v) is 15.1. The summed E-state index contributed by atoms with van der Waals surface area (Å²) in [6.45, 7) is 7.74. The Bertz CT molecular complexity index is 726. The van der Waals surface area contributed by atoms with Crippen molar-refractivity contribution in [1.29, 1.82) is 0 Å². The van der Waals surface area contributed by atoms with Crippen molar-refractivity contribution in [3.05, 3.63) is 47.5 Å². The van der Waals surface area contributed by atoms with Gasteiger partial charge in [0.2, 0.25) is 0 Å². The molecular weight excluding hydrogens is 316 g/mol. The van der Waals surface area contributed by atoms with E-state index in [1.807, 2.05) is 44.6 Å². The van der Waals surface area contributed by atoms with Crippen molar-refractivity contribution in [2.24, 2.45) is 12.0 Å². The number of nitrogens with zero attached hydrogens (tertiary/aromatic N) is 5. The molecule has 3 rings (SSSR count). The molecule has 2 aromatic heterocycles. The minimum atomic E-state index is 0.0170. The molecule has 25 heavy (non-hydrogen) atoms. The molecule has 1 unspecified atom stereocenters. The number of aryl methyl sites for hydroxylation is 2. The van der Waals surface area contributed by atoms with E-state index < -0.39 is 0 Å². The minimum absolute atomic E-state index is 0.0170. The van der Waals surface area contributed by atoms with E-state index in [1.165, 1.54) is 0 Å². The number of guanidine groups is 1. The van der Waals surface area contributed by atoms with Crippen molar-refractivity contribution in [3.8, 4) is 0 Å². The van der Waals surface area contributed by atoms with Crippen LogP contribution in [0.5, 0.6) is 0 Å². The van der Waals surface area contributed by atoms with Crippen LogP contribution < -0.4 is 5.32 Å². The fourth-order valence-electron chi connectivity index (χ4n) is 2.92. The van der Waals surface area contributed by atoms with Crippen LogP contribution >= 0.6 is 0 Å². The number of aromatic nitrogens is 3. The predicted molar refractivity (Wildman–Crippen MR) is 97.3 cm³/mol. The molecule has 7 heteroatoms. The fraction of sp³-hybridized carbons (Fsp3) is 0.500. The minimum Gasteiger partial charge on any atom is -0.370 e. The average Bonchev–Trinajstić information content (AvgIpc) is 3.05. The monoisotopic (exact) mass is 342 g/mol. The Hall–Kier alpha value is -2.41. The number of morpholine rings is 1. The third kappa shape index (κ3) is 4.57. The Labute approximate surface area is 148 Å². The smallest absolute Gasteiger partial charge is 0.194 e. The third-order valence-electron chi connectivity index (χ3n) is 4.13. The normalized spacial score (nSPS) is 18.4. The molecule has 0 aliphatic carbocycles. The van der Waals surface area contributed by atoms with E-state index in [-0.39, 0.29) is 6.10 Å². The van der Waals surface area contributed by atoms with Gasteiger partial charge in [0, 0.05) is 37.6 Å². The standard InChI is InChI=1S/C18H26N6O/c1-4-19-18(20-11-16-7-5-6-14(2)22-16)24-8-9-25-17(13-24)15-10-21-23(3)12-15/h5-7,10,12,17H,4,8-9,11,13H2,1-3H3,(H,19,20). The number of aliphatic imine (C=N–C) groups is 1. The summed E-state index contributed by atoms with van der Waals surface area (Å²) in [5.74, 6) is 0.906. The summed E-state index contributed by atoms with van der Waals surface area (Å²) in [6, 6.07) is 6.03. The van der Waals surface area contributed by atoms with Gasteiger partial charge < -0.3 is 15.0 Å². The van der Waals surface area contributed by atoms with Crippen LogP contribution in [0.25, 0.3) is 0 Å². The molecule has 3 heterocycles. The van der Waals surface area contributed by atoms with Gasteiger partial charge in [-0.15, -0.1) is 0 Å². The number of hydrogen-bond acceptors (Lipinski definition) is 4. The number of hydrogen-bond donors (Lipinski definition) is 1. The molecule has 0 spiro atoms. The molecule has 0 saturated carbocycles. The van der Waals surface area contributed by atoms with Gasteiger partial charge in [-0.25, -0.2) is 4.99 Å². The Morgan fingerprint density at radius 3 is 3.04 bits per heavy atom. The van der Waals surface area contributed by atoms with E-state index in [0.717, 1.165) is 42.5 Å². The van der Waals surface area contributed by atoms with Gasteiger partial charge in [0.1, 0.15) is 6.10 Å². The van der Waals surface area contributed by atoms with Gasteiger partial charge in [0.25, 0.3) is 0 Å². The molecule has 1 aliphatic rings. The second kappa shape index (κ2) is 8.11. The van der Waals surface area contributed by atoms with Gasteiger partial charge in [-0.1, -0.05) is 6.07 Å². The summed E-state index contributed by atoms with van der Waals surface area (Å²) >= 11 is 0. The molecule has 1 saturated heterocycles. The lowest BCUT2D eigenvalue weighted by molar-refractivity contribution is -0.00805. The van der Waals surface area contributed by atoms with Gasteiger partial charge in [-0.3, -0.25) is 9.67 Å². The fourth-order valence-corrected chi connectivity index (χ4v) is 2.92. The van der Waals surface area contributed by atoms with E-state index >= 15 is 0 Å². The topological polar surface area (TPSA) is 67.6 Å². The van der Waals surface area contributed by atoms with Crippen molar-refractivity contribution in [3.63, 3.8) is 0 Å². The van der Waals surface area contributed by atoms with Crippen LogP contribution in [0.4, 0.5) is 0 Å². The quantitative estimate of drug-likeness (QED) is 0.676. The van der Waals surface area contributed by atoms with Gasteiger partial charge in [-0.2, -0.15) is 5.10 Å². The molecule has 134 valence electrons. The molecule has 0 bridgehead atoms. The van der Waals surface area contributed by atoms with Crippen LogP contribution in [0.1, 0.15) is 30.0 Å². The molecule has 2 aromatic rings. The van der Waals surface area contributed by atoms with Crippen LogP contribution in [0, 0.1) is 6.92 Å². The Kier molecular flexibility index (Phi) is 5.65. The number of nitrogens with one attached hydrogen (secondary N) is 1. The highest BCUT2D eigenvalue weighted by atomic mass is 16.5. The largest absolute Gasteiger partial charge is 0.370 e. The highest BCUT2D eigenvalue weighted by molar-refractivity contribution is 5.80. The predicted octanol–water partition coefficient (Wildman–Crippen LogP) is 1.66. The first kappa shape index (κ1) is 17.4. The highest BCUT2D eigenvalue weighted by Crippen LogP contribution is 2.21. The molecule has 1 N–H and O–H groups in total. The lowest BCUT2D eigenvalue weighted by Gasteiger charge is -2.34. The van der Waals surface area contributed by atoms with E-state index in [9.17, 15) is 0 Å². The van der Waals surface area contributed by atoms with Gasteiger partial charge in [0.05, 0.1) is 31.6 Å². The molecule has 0 amide bonds. The van der Waals surface area contributed by atoms with E-state index in [2.05, 4.69) is 27.2 Å². The van der Waals surface area contributed by atoms with Crippen LogP contribution in [0.2, 0.25) is 0 Å². The summed E-state index contributed by atoms with van der Waals surface area (Å²) in [7, 11) is 1.92. The van der Waals surface area contributed by atoms with Crippen molar-refractivity contribution in [1.82, 2.24) is 25.0 Å². The number of pyridine rings is 1. The first-order valence-corrected chi connectivity index (χ1v) is 8.71. The lowest BCUT2D eigenvalue weighted by atomic mass is 10.1. The second-order valence-electron chi connectivity index (χ2n) is 6.19. The van der Waals surface area contributed by atoms with Crippen molar-refractivity contribution >= 4 is 5.96 Å². The first-order chi connectivity index (χ1) is 12.2. The van der Waals surface area contributed by atoms with E-state index in [1.54, 1.807) is 4.68 Å². The van der Waals surface area contributed by atoms with Gasteiger partial charge >= 0.3 is 0 Å². The maximum absolute atomic E-state index is 5.92. The summed E-state index contributed by atoms with van der Waals surface area (Å²) < 4.78 is 7.73. The van der Waals surface area contributed by atoms with Crippen LogP contribution in [0.15, 0.2) is 35.6 Å². The second-order valence-corrected chi connectivity index (χ2v) is 6.19. The van der Waals surface area contributed by atoms with Gasteiger partial charge in [0.15, 0.2) is 5.96 Å².